The van der Waals surface area contributed by atoms with E-state index in [9.17, 15) is 8.42 Å². The second-order valence-electron chi connectivity index (χ2n) is 4.99. The molecule has 1 saturated heterocycles. The van der Waals surface area contributed by atoms with Crippen LogP contribution in [0.4, 0.5) is 0 Å². The molecule has 1 aliphatic carbocycles. The van der Waals surface area contributed by atoms with Crippen molar-refractivity contribution in [3.8, 4) is 0 Å². The molecule has 17 heavy (non-hydrogen) atoms. The van der Waals surface area contributed by atoms with Gasteiger partial charge in [-0.15, -0.1) is 0 Å². The van der Waals surface area contributed by atoms with Gasteiger partial charge in [0, 0.05) is 32.7 Å². The van der Waals surface area contributed by atoms with Crippen LogP contribution >= 0.6 is 0 Å². The summed E-state index contributed by atoms with van der Waals surface area (Å²) in [6, 6.07) is 0. The summed E-state index contributed by atoms with van der Waals surface area (Å²) in [6.45, 7) is 3.27. The molecular weight excluding hydrogens is 238 g/mol. The zero-order valence-corrected chi connectivity index (χ0v) is 11.1. The fraction of sp³-hybridized carbons (Fsp3) is 1.00. The average molecular weight is 261 g/mol. The maximum absolute atomic E-state index is 11.9. The van der Waals surface area contributed by atoms with E-state index in [-0.39, 0.29) is 0 Å². The zero-order chi connectivity index (χ0) is 12.1. The van der Waals surface area contributed by atoms with E-state index in [2.05, 4.69) is 10.0 Å². The molecular formula is C11H23N3O2S. The summed E-state index contributed by atoms with van der Waals surface area (Å²) in [5.74, 6) is 0.737. The Hall–Kier alpha value is -0.170. The summed E-state index contributed by atoms with van der Waals surface area (Å²) in [4.78, 5) is 0. The van der Waals surface area contributed by atoms with Crippen molar-refractivity contribution in [2.75, 3.05) is 32.7 Å². The Kier molecular flexibility index (Phi) is 4.78. The molecule has 2 aliphatic rings. The Bertz CT molecular complexity index is 320. The highest BCUT2D eigenvalue weighted by molar-refractivity contribution is 7.87. The molecule has 0 aromatic heterocycles. The van der Waals surface area contributed by atoms with Crippen LogP contribution in [0.5, 0.6) is 0 Å². The van der Waals surface area contributed by atoms with Gasteiger partial charge in [0.05, 0.1) is 0 Å². The Labute approximate surface area is 104 Å². The van der Waals surface area contributed by atoms with Gasteiger partial charge in [-0.1, -0.05) is 25.7 Å². The third-order valence-corrected chi connectivity index (χ3v) is 5.34. The lowest BCUT2D eigenvalue weighted by Gasteiger charge is -2.26. The van der Waals surface area contributed by atoms with Gasteiger partial charge in [-0.05, 0) is 12.3 Å². The minimum atomic E-state index is -3.23. The summed E-state index contributed by atoms with van der Waals surface area (Å²) < 4.78 is 28.2. The van der Waals surface area contributed by atoms with Gasteiger partial charge in [-0.25, -0.2) is 4.72 Å². The van der Waals surface area contributed by atoms with Crippen LogP contribution < -0.4 is 10.0 Å². The highest BCUT2D eigenvalue weighted by Crippen LogP contribution is 2.26. The predicted octanol–water partition coefficient (Wildman–Crippen LogP) is 0.306. The Balaban J connectivity index is 1.72. The number of nitrogens with one attached hydrogen (secondary N) is 2. The molecule has 0 atom stereocenters. The summed E-state index contributed by atoms with van der Waals surface area (Å²) in [5.41, 5.74) is 0. The number of piperazine rings is 1. The lowest BCUT2D eigenvalue weighted by molar-refractivity contribution is 0.353. The summed E-state index contributed by atoms with van der Waals surface area (Å²) in [5, 5.41) is 3.15. The number of hydrogen-bond acceptors (Lipinski definition) is 3. The largest absolute Gasteiger partial charge is 0.314 e. The summed E-state index contributed by atoms with van der Waals surface area (Å²) in [6.07, 6.45) is 6.17. The lowest BCUT2D eigenvalue weighted by atomic mass is 10.1. The first-order valence-electron chi connectivity index (χ1n) is 6.64. The SMILES string of the molecule is O=S(=O)(NCCC1CCCC1)N1CCNCC1. The summed E-state index contributed by atoms with van der Waals surface area (Å²) in [7, 11) is -3.23. The fourth-order valence-corrected chi connectivity index (χ4v) is 3.89. The fourth-order valence-electron chi connectivity index (χ4n) is 2.67. The minimum Gasteiger partial charge on any atom is -0.314 e. The van der Waals surface area contributed by atoms with E-state index < -0.39 is 10.2 Å². The van der Waals surface area contributed by atoms with Crippen molar-refractivity contribution >= 4 is 10.2 Å². The van der Waals surface area contributed by atoms with E-state index in [4.69, 9.17) is 0 Å². The molecule has 0 unspecified atom stereocenters. The second-order valence-corrected chi connectivity index (χ2v) is 6.74. The van der Waals surface area contributed by atoms with Gasteiger partial charge in [-0.3, -0.25) is 0 Å². The van der Waals surface area contributed by atoms with Crippen molar-refractivity contribution in [3.63, 3.8) is 0 Å². The standard InChI is InChI=1S/C11H23N3O2S/c15-17(16,14-9-7-12-8-10-14)13-6-5-11-3-1-2-4-11/h11-13H,1-10H2. The molecule has 100 valence electrons. The third-order valence-electron chi connectivity index (χ3n) is 3.73. The van der Waals surface area contributed by atoms with Crippen molar-refractivity contribution < 1.29 is 8.42 Å². The molecule has 0 aromatic carbocycles. The van der Waals surface area contributed by atoms with Crippen LogP contribution in [-0.4, -0.2) is 45.4 Å². The third kappa shape index (κ3) is 3.91. The predicted molar refractivity (Wildman–Crippen MR) is 67.9 cm³/mol. The van der Waals surface area contributed by atoms with Crippen LogP contribution in [0.25, 0.3) is 0 Å². The Morgan fingerprint density at radius 2 is 1.82 bits per heavy atom. The molecule has 6 heteroatoms. The van der Waals surface area contributed by atoms with Gasteiger partial charge < -0.3 is 5.32 Å². The van der Waals surface area contributed by atoms with Crippen molar-refractivity contribution in [3.05, 3.63) is 0 Å². The lowest BCUT2D eigenvalue weighted by Crippen LogP contribution is -2.50. The molecule has 1 saturated carbocycles. The number of rotatable bonds is 5. The van der Waals surface area contributed by atoms with Crippen LogP contribution in [0.2, 0.25) is 0 Å². The Morgan fingerprint density at radius 3 is 2.47 bits per heavy atom. The van der Waals surface area contributed by atoms with E-state index in [1.165, 1.54) is 30.0 Å². The van der Waals surface area contributed by atoms with Gasteiger partial charge in [0.2, 0.25) is 0 Å². The molecule has 0 radical (unpaired) electrons. The second kappa shape index (κ2) is 6.13. The molecule has 0 aromatic rings. The first kappa shape index (κ1) is 13.3. The molecule has 0 spiro atoms. The summed E-state index contributed by atoms with van der Waals surface area (Å²) >= 11 is 0. The van der Waals surface area contributed by atoms with Crippen LogP contribution in [0.3, 0.4) is 0 Å². The number of nitrogens with zero attached hydrogens (tertiary/aromatic N) is 1. The van der Waals surface area contributed by atoms with Crippen LogP contribution in [0, 0.1) is 5.92 Å². The average Bonchev–Trinajstić information content (AvgIpc) is 2.83. The maximum Gasteiger partial charge on any atom is 0.279 e. The highest BCUT2D eigenvalue weighted by atomic mass is 32.2. The molecule has 5 nitrogen and oxygen atoms in total. The quantitative estimate of drug-likeness (QED) is 0.748. The van der Waals surface area contributed by atoms with Crippen molar-refractivity contribution in [1.29, 1.82) is 0 Å². The van der Waals surface area contributed by atoms with E-state index >= 15 is 0 Å². The van der Waals surface area contributed by atoms with Crippen molar-refractivity contribution in [2.24, 2.45) is 5.92 Å². The maximum atomic E-state index is 11.9. The van der Waals surface area contributed by atoms with Gasteiger partial charge in [0.1, 0.15) is 0 Å². The minimum absolute atomic E-state index is 0.582. The van der Waals surface area contributed by atoms with E-state index in [0.717, 1.165) is 25.4 Å². The van der Waals surface area contributed by atoms with E-state index in [1.807, 2.05) is 0 Å². The van der Waals surface area contributed by atoms with Gasteiger partial charge in [-0.2, -0.15) is 12.7 Å². The molecule has 1 heterocycles. The van der Waals surface area contributed by atoms with Gasteiger partial charge in [0.25, 0.3) is 10.2 Å². The van der Waals surface area contributed by atoms with Crippen LogP contribution in [-0.2, 0) is 10.2 Å². The van der Waals surface area contributed by atoms with Crippen molar-refractivity contribution in [1.82, 2.24) is 14.3 Å². The molecule has 0 amide bonds. The Morgan fingerprint density at radius 1 is 1.18 bits per heavy atom. The monoisotopic (exact) mass is 261 g/mol. The van der Waals surface area contributed by atoms with Crippen LogP contribution in [0.1, 0.15) is 32.1 Å². The zero-order valence-electron chi connectivity index (χ0n) is 10.3. The molecule has 2 N–H and O–H groups in total. The smallest absolute Gasteiger partial charge is 0.279 e. The van der Waals surface area contributed by atoms with Crippen LogP contribution in [0.15, 0.2) is 0 Å². The first-order valence-corrected chi connectivity index (χ1v) is 8.08. The normalized spacial score (nSPS) is 24.2. The van der Waals surface area contributed by atoms with E-state index in [0.29, 0.717) is 19.6 Å². The molecule has 2 fully saturated rings. The number of hydrogen-bond donors (Lipinski definition) is 2. The molecule has 1 aliphatic heterocycles. The molecule has 2 rings (SSSR count). The molecule has 0 bridgehead atoms. The first-order chi connectivity index (χ1) is 8.18. The van der Waals surface area contributed by atoms with Gasteiger partial charge >= 0.3 is 0 Å². The van der Waals surface area contributed by atoms with E-state index in [1.54, 1.807) is 0 Å². The van der Waals surface area contributed by atoms with Crippen molar-refractivity contribution in [2.45, 2.75) is 32.1 Å². The van der Waals surface area contributed by atoms with Gasteiger partial charge in [0.15, 0.2) is 0 Å². The highest BCUT2D eigenvalue weighted by Gasteiger charge is 2.23. The topological polar surface area (TPSA) is 61.4 Å².